The predicted molar refractivity (Wildman–Crippen MR) is 185 cm³/mol. The number of anilines is 1. The second kappa shape index (κ2) is 15.3. The first-order valence-electron chi connectivity index (χ1n) is 16.2. The Morgan fingerprint density at radius 1 is 0.857 bits per heavy atom. The van der Waals surface area contributed by atoms with Crippen molar-refractivity contribution >= 4 is 39.1 Å². The zero-order valence-corrected chi connectivity index (χ0v) is 28.3. The monoisotopic (exact) mass is 705 g/mol. The summed E-state index contributed by atoms with van der Waals surface area (Å²) in [6.45, 7) is -0.0792. The summed E-state index contributed by atoms with van der Waals surface area (Å²) >= 11 is 6.17. The lowest BCUT2D eigenvalue weighted by Crippen LogP contribution is -2.54. The van der Waals surface area contributed by atoms with E-state index in [9.17, 15) is 22.4 Å². The Kier molecular flexibility index (Phi) is 10.7. The molecule has 2 aliphatic rings. The highest BCUT2D eigenvalue weighted by atomic mass is 35.5. The van der Waals surface area contributed by atoms with Gasteiger partial charge in [0.05, 0.1) is 10.6 Å². The first-order chi connectivity index (χ1) is 23.7. The number of ether oxygens (including phenoxy) is 2. The average molecular weight is 706 g/mol. The Hall–Kier alpha value is -4.61. The van der Waals surface area contributed by atoms with Crippen molar-refractivity contribution in [3.63, 3.8) is 0 Å². The van der Waals surface area contributed by atoms with E-state index < -0.39 is 34.3 Å². The maximum Gasteiger partial charge on any atom is 0.264 e. The topological polar surface area (TPSA) is 105 Å². The number of carbonyl (C=O) groups is 2. The average Bonchev–Trinajstić information content (AvgIpc) is 3.63. The number of carbonyl (C=O) groups excluding carboxylic acids is 2. The van der Waals surface area contributed by atoms with Crippen LogP contribution in [0.25, 0.3) is 0 Å². The number of benzene rings is 4. The van der Waals surface area contributed by atoms with Crippen LogP contribution in [0.15, 0.2) is 102 Å². The van der Waals surface area contributed by atoms with Crippen LogP contribution in [-0.2, 0) is 32.6 Å². The molecular formula is C37H37ClFN3O6S. The Balaban J connectivity index is 1.39. The predicted octanol–water partition coefficient (Wildman–Crippen LogP) is 6.14. The van der Waals surface area contributed by atoms with E-state index in [4.69, 9.17) is 21.1 Å². The minimum Gasteiger partial charge on any atom is -0.486 e. The largest absolute Gasteiger partial charge is 0.486 e. The van der Waals surface area contributed by atoms with Gasteiger partial charge < -0.3 is 19.7 Å². The van der Waals surface area contributed by atoms with Crippen LogP contribution in [0.4, 0.5) is 10.1 Å². The highest BCUT2D eigenvalue weighted by Crippen LogP contribution is 2.34. The molecular weight excluding hydrogens is 669 g/mol. The van der Waals surface area contributed by atoms with Crippen molar-refractivity contribution in [2.45, 2.75) is 55.6 Å². The number of nitrogens with zero attached hydrogens (tertiary/aromatic N) is 2. The molecule has 4 aromatic carbocycles. The molecule has 1 heterocycles. The Labute approximate surface area is 290 Å². The third-order valence-corrected chi connectivity index (χ3v) is 10.8. The van der Waals surface area contributed by atoms with E-state index >= 15 is 0 Å². The van der Waals surface area contributed by atoms with Crippen molar-refractivity contribution in [3.8, 4) is 11.5 Å². The molecule has 256 valence electrons. The number of halogens is 2. The van der Waals surface area contributed by atoms with Gasteiger partial charge in [-0.1, -0.05) is 66.9 Å². The van der Waals surface area contributed by atoms with Gasteiger partial charge in [0.25, 0.3) is 10.0 Å². The number of hydrogen-bond acceptors (Lipinski definition) is 6. The molecule has 1 fully saturated rings. The third-order valence-electron chi connectivity index (χ3n) is 8.73. The van der Waals surface area contributed by atoms with Crippen LogP contribution in [0.1, 0.15) is 36.8 Å². The van der Waals surface area contributed by atoms with E-state index in [-0.39, 0.29) is 47.9 Å². The molecule has 0 radical (unpaired) electrons. The molecule has 9 nitrogen and oxygen atoms in total. The van der Waals surface area contributed by atoms with E-state index in [0.717, 1.165) is 47.7 Å². The van der Waals surface area contributed by atoms with Crippen LogP contribution in [-0.4, -0.2) is 57.0 Å². The lowest BCUT2D eigenvalue weighted by molar-refractivity contribution is -0.140. The summed E-state index contributed by atoms with van der Waals surface area (Å²) in [6.07, 6.45) is 3.91. The molecule has 49 heavy (non-hydrogen) atoms. The summed E-state index contributed by atoms with van der Waals surface area (Å²) in [5, 5.41) is 3.66. The zero-order valence-electron chi connectivity index (χ0n) is 26.8. The smallest absolute Gasteiger partial charge is 0.264 e. The second-order valence-corrected chi connectivity index (χ2v) is 14.4. The highest BCUT2D eigenvalue weighted by Gasteiger charge is 2.36. The molecule has 6 rings (SSSR count). The van der Waals surface area contributed by atoms with Crippen LogP contribution in [0.3, 0.4) is 0 Å². The Morgan fingerprint density at radius 3 is 2.22 bits per heavy atom. The van der Waals surface area contributed by atoms with Crippen LogP contribution in [0, 0.1) is 5.82 Å². The lowest BCUT2D eigenvalue weighted by atomic mass is 10.0. The van der Waals surface area contributed by atoms with E-state index in [1.165, 1.54) is 35.2 Å². The van der Waals surface area contributed by atoms with Gasteiger partial charge in [-0.15, -0.1) is 0 Å². The van der Waals surface area contributed by atoms with Gasteiger partial charge in [-0.05, 0) is 72.5 Å². The number of sulfonamides is 1. The molecule has 0 saturated heterocycles. The fourth-order valence-electron chi connectivity index (χ4n) is 6.16. The van der Waals surface area contributed by atoms with Gasteiger partial charge in [-0.2, -0.15) is 0 Å². The first kappa shape index (κ1) is 34.3. The van der Waals surface area contributed by atoms with E-state index in [2.05, 4.69) is 5.32 Å². The van der Waals surface area contributed by atoms with Crippen molar-refractivity contribution in [1.82, 2.24) is 10.2 Å². The van der Waals surface area contributed by atoms with E-state index in [1.54, 1.807) is 24.3 Å². The standard InChI is InChI=1S/C37H37ClFN3O6S/c38-28-12-10-27(11-13-28)24-41(33(22-26-6-2-1-3-7-26)37(44)40-30-8-4-5-9-30)36(43)25-42(31-16-14-29(39)15-17-31)49(45,46)32-18-19-34-35(23-32)48-21-20-47-34/h1-3,6-7,10-19,23,30,33H,4-5,8-9,20-22,24-25H2,(H,40,44)/t33-/m0/s1. The van der Waals surface area contributed by atoms with Crippen molar-refractivity contribution in [3.05, 3.63) is 119 Å². The van der Waals surface area contributed by atoms with E-state index in [0.29, 0.717) is 22.9 Å². The summed E-state index contributed by atoms with van der Waals surface area (Å²) in [5.74, 6) is -0.846. The Bertz CT molecular complexity index is 1870. The van der Waals surface area contributed by atoms with Crippen LogP contribution in [0.5, 0.6) is 11.5 Å². The zero-order chi connectivity index (χ0) is 34.4. The van der Waals surface area contributed by atoms with Gasteiger partial charge in [0.15, 0.2) is 11.5 Å². The van der Waals surface area contributed by atoms with Gasteiger partial charge in [0.1, 0.15) is 31.6 Å². The van der Waals surface area contributed by atoms with Gasteiger partial charge in [-0.3, -0.25) is 13.9 Å². The summed E-state index contributed by atoms with van der Waals surface area (Å²) in [7, 11) is -4.42. The van der Waals surface area contributed by atoms with Crippen molar-refractivity contribution in [2.75, 3.05) is 24.1 Å². The molecule has 0 unspecified atom stereocenters. The van der Waals surface area contributed by atoms with Crippen molar-refractivity contribution in [1.29, 1.82) is 0 Å². The van der Waals surface area contributed by atoms with Gasteiger partial charge >= 0.3 is 0 Å². The number of amides is 2. The van der Waals surface area contributed by atoms with Crippen LogP contribution >= 0.6 is 11.6 Å². The molecule has 4 aromatic rings. The molecule has 0 aromatic heterocycles. The minimum atomic E-state index is -4.42. The van der Waals surface area contributed by atoms with Crippen molar-refractivity contribution in [2.24, 2.45) is 0 Å². The van der Waals surface area contributed by atoms with Crippen LogP contribution in [0.2, 0.25) is 5.02 Å². The molecule has 1 N–H and O–H groups in total. The number of fused-ring (bicyclic) bond motifs is 1. The number of hydrogen-bond donors (Lipinski definition) is 1. The maximum atomic E-state index is 14.6. The second-order valence-electron chi connectivity index (χ2n) is 12.1. The highest BCUT2D eigenvalue weighted by molar-refractivity contribution is 7.92. The lowest BCUT2D eigenvalue weighted by Gasteiger charge is -2.34. The van der Waals surface area contributed by atoms with Gasteiger partial charge in [0.2, 0.25) is 11.8 Å². The SMILES string of the molecule is O=C(NC1CCCC1)[C@H](Cc1ccccc1)N(Cc1ccc(Cl)cc1)C(=O)CN(c1ccc(F)cc1)S(=O)(=O)c1ccc2c(c1)OCCO2. The molecule has 2 amide bonds. The molecule has 0 bridgehead atoms. The molecule has 1 saturated carbocycles. The normalized spacial score (nSPS) is 15.0. The molecule has 1 atom stereocenters. The minimum absolute atomic E-state index is 0.00686. The number of nitrogens with one attached hydrogen (secondary N) is 1. The fourth-order valence-corrected chi connectivity index (χ4v) is 7.71. The molecule has 1 aliphatic heterocycles. The number of rotatable bonds is 12. The third kappa shape index (κ3) is 8.34. The summed E-state index contributed by atoms with van der Waals surface area (Å²) < 4.78 is 54.9. The maximum absolute atomic E-state index is 14.6. The van der Waals surface area contributed by atoms with Gasteiger partial charge in [-0.25, -0.2) is 12.8 Å². The molecule has 1 aliphatic carbocycles. The fraction of sp³-hybridized carbons (Fsp3) is 0.297. The first-order valence-corrected chi connectivity index (χ1v) is 18.1. The molecule has 0 spiro atoms. The van der Waals surface area contributed by atoms with Crippen LogP contribution < -0.4 is 19.1 Å². The molecule has 12 heteroatoms. The van der Waals surface area contributed by atoms with Crippen molar-refractivity contribution < 1.29 is 31.9 Å². The summed E-state index contributed by atoms with van der Waals surface area (Å²) in [4.78, 5) is 30.0. The quantitative estimate of drug-likeness (QED) is 0.190. The Morgan fingerprint density at radius 2 is 1.53 bits per heavy atom. The summed E-state index contributed by atoms with van der Waals surface area (Å²) in [5.41, 5.74) is 1.61. The van der Waals surface area contributed by atoms with E-state index in [1.807, 2.05) is 30.3 Å². The summed E-state index contributed by atoms with van der Waals surface area (Å²) in [6, 6.07) is 24.4. The van der Waals surface area contributed by atoms with Gasteiger partial charge in [0, 0.05) is 30.1 Å².